The highest BCUT2D eigenvalue weighted by Crippen LogP contribution is 2.10. The second-order valence-corrected chi connectivity index (χ2v) is 3.51. The van der Waals surface area contributed by atoms with Gasteiger partial charge in [0.25, 0.3) is 5.91 Å². The molecule has 5 nitrogen and oxygen atoms in total. The minimum atomic E-state index is -0.683. The van der Waals surface area contributed by atoms with Crippen LogP contribution in [0, 0.1) is 18.3 Å². The van der Waals surface area contributed by atoms with Crippen LogP contribution in [0.1, 0.15) is 25.7 Å². The van der Waals surface area contributed by atoms with Crippen LogP contribution in [0.2, 0.25) is 0 Å². The van der Waals surface area contributed by atoms with Gasteiger partial charge in [0.1, 0.15) is 5.92 Å². The summed E-state index contributed by atoms with van der Waals surface area (Å²) in [5.74, 6) is 1.55. The molecule has 16 heavy (non-hydrogen) atoms. The highest BCUT2D eigenvalue weighted by Gasteiger charge is 2.15. The number of aliphatic hydroxyl groups excluding tert-OH is 2. The molecule has 1 unspecified atom stereocenters. The van der Waals surface area contributed by atoms with Crippen molar-refractivity contribution < 1.29 is 19.8 Å². The molecule has 0 fully saturated rings. The highest BCUT2D eigenvalue weighted by molar-refractivity contribution is 5.80. The molecule has 0 aliphatic heterocycles. The summed E-state index contributed by atoms with van der Waals surface area (Å²) in [5.41, 5.74) is 2.19. The van der Waals surface area contributed by atoms with Gasteiger partial charge in [0.05, 0.1) is 19.8 Å². The minimum absolute atomic E-state index is 0.233. The molecule has 2 atom stereocenters. The molecule has 1 amide bonds. The number of aliphatic hydroxyl groups is 2. The Kier molecular flexibility index (Phi) is 8.53. The number of rotatable bonds is 8. The molecule has 0 heterocycles. The first-order chi connectivity index (χ1) is 7.65. The Morgan fingerprint density at radius 2 is 2.12 bits per heavy atom. The Morgan fingerprint density at radius 3 is 2.62 bits per heavy atom. The number of unbranched alkanes of at least 4 members (excludes halogenated alkanes) is 1. The van der Waals surface area contributed by atoms with Crippen LogP contribution in [0.25, 0.3) is 0 Å². The molecule has 0 aliphatic carbocycles. The smallest absolute Gasteiger partial charge is 0.258 e. The Labute approximate surface area is 95.8 Å². The topological polar surface area (TPSA) is 78.8 Å². The van der Waals surface area contributed by atoms with Crippen molar-refractivity contribution in [3.05, 3.63) is 0 Å². The van der Waals surface area contributed by atoms with Gasteiger partial charge in [-0.15, -0.1) is 6.42 Å². The van der Waals surface area contributed by atoms with Crippen LogP contribution in [-0.4, -0.2) is 35.9 Å². The molecule has 0 rings (SSSR count). The second kappa shape index (κ2) is 9.16. The van der Waals surface area contributed by atoms with Crippen molar-refractivity contribution in [2.75, 3.05) is 13.7 Å². The summed E-state index contributed by atoms with van der Waals surface area (Å²) in [5, 5.41) is 17.7. The Balaban J connectivity index is 3.72. The number of terminal acetylenes is 1. The first-order valence-corrected chi connectivity index (χ1v) is 5.23. The summed E-state index contributed by atoms with van der Waals surface area (Å²) < 4.78 is 0. The van der Waals surface area contributed by atoms with Crippen molar-refractivity contribution in [1.82, 2.24) is 5.48 Å². The second-order valence-electron chi connectivity index (χ2n) is 3.51. The van der Waals surface area contributed by atoms with E-state index < -0.39 is 12.0 Å². The number of hydrogen-bond donors (Lipinski definition) is 3. The standard InChI is InChI=1S/C11H19NO4/c1-3-9(11(15)12-16-2)6-4-5-7-10(14)8-13/h1,9-10,13-14H,4-8H2,2H3,(H,12,15)/t9-,10?/m1/s1. The van der Waals surface area contributed by atoms with Crippen molar-refractivity contribution in [3.63, 3.8) is 0 Å². The fraction of sp³-hybridized carbons (Fsp3) is 0.727. The first-order valence-electron chi connectivity index (χ1n) is 5.23. The number of amides is 1. The van der Waals surface area contributed by atoms with E-state index in [1.54, 1.807) is 0 Å². The molecule has 0 saturated heterocycles. The van der Waals surface area contributed by atoms with Crippen molar-refractivity contribution in [3.8, 4) is 12.3 Å². The van der Waals surface area contributed by atoms with Crippen LogP contribution in [-0.2, 0) is 9.63 Å². The molecule has 92 valence electrons. The van der Waals surface area contributed by atoms with Gasteiger partial charge in [-0.1, -0.05) is 18.8 Å². The zero-order valence-electron chi connectivity index (χ0n) is 9.48. The molecule has 0 saturated carbocycles. The van der Waals surface area contributed by atoms with E-state index in [0.717, 1.165) is 12.8 Å². The first kappa shape index (κ1) is 14.9. The Morgan fingerprint density at radius 1 is 1.50 bits per heavy atom. The predicted octanol–water partition coefficient (Wildman–Crippen LogP) is -0.173. The van der Waals surface area contributed by atoms with Crippen LogP contribution in [0.5, 0.6) is 0 Å². The van der Waals surface area contributed by atoms with Gasteiger partial charge in [0.15, 0.2) is 0 Å². The average molecular weight is 229 g/mol. The zero-order valence-corrected chi connectivity index (χ0v) is 9.48. The van der Waals surface area contributed by atoms with Gasteiger partial charge in [-0.25, -0.2) is 5.48 Å². The van der Waals surface area contributed by atoms with E-state index in [0.29, 0.717) is 12.8 Å². The maximum atomic E-state index is 11.3. The number of carbonyl (C=O) groups excluding carboxylic acids is 1. The third kappa shape index (κ3) is 6.40. The lowest BCUT2D eigenvalue weighted by Gasteiger charge is -2.10. The molecule has 0 aromatic rings. The fourth-order valence-corrected chi connectivity index (χ4v) is 1.28. The van der Waals surface area contributed by atoms with Gasteiger partial charge in [-0.2, -0.15) is 0 Å². The van der Waals surface area contributed by atoms with Gasteiger partial charge in [0, 0.05) is 0 Å². The van der Waals surface area contributed by atoms with E-state index in [1.165, 1.54) is 7.11 Å². The molecule has 0 spiro atoms. The molecule has 0 radical (unpaired) electrons. The number of hydroxylamine groups is 1. The van der Waals surface area contributed by atoms with Crippen LogP contribution in [0.4, 0.5) is 0 Å². The quantitative estimate of drug-likeness (QED) is 0.307. The van der Waals surface area contributed by atoms with E-state index >= 15 is 0 Å². The van der Waals surface area contributed by atoms with Gasteiger partial charge in [-0.05, 0) is 12.8 Å². The summed E-state index contributed by atoms with van der Waals surface area (Å²) in [7, 11) is 1.35. The monoisotopic (exact) mass is 229 g/mol. The van der Waals surface area contributed by atoms with Crippen LogP contribution < -0.4 is 5.48 Å². The highest BCUT2D eigenvalue weighted by atomic mass is 16.6. The summed E-state index contributed by atoms with van der Waals surface area (Å²) in [6.45, 7) is -0.233. The van der Waals surface area contributed by atoms with Crippen LogP contribution in [0.3, 0.4) is 0 Å². The zero-order chi connectivity index (χ0) is 12.4. The number of nitrogens with one attached hydrogen (secondary N) is 1. The molecule has 0 aliphatic rings. The maximum absolute atomic E-state index is 11.3. The molecule has 0 aromatic heterocycles. The molecular formula is C11H19NO4. The average Bonchev–Trinajstić information content (AvgIpc) is 2.29. The summed E-state index contributed by atoms with van der Waals surface area (Å²) in [4.78, 5) is 15.8. The van der Waals surface area contributed by atoms with Crippen molar-refractivity contribution >= 4 is 5.91 Å². The van der Waals surface area contributed by atoms with Gasteiger partial charge < -0.3 is 10.2 Å². The summed E-state index contributed by atoms with van der Waals surface area (Å²) in [6.07, 6.45) is 7.04. The van der Waals surface area contributed by atoms with Gasteiger partial charge in [-0.3, -0.25) is 9.63 Å². The summed E-state index contributed by atoms with van der Waals surface area (Å²) >= 11 is 0. The molecule has 3 N–H and O–H groups in total. The van der Waals surface area contributed by atoms with E-state index in [2.05, 4.69) is 16.2 Å². The lowest BCUT2D eigenvalue weighted by molar-refractivity contribution is -0.133. The Bertz CT molecular complexity index is 237. The van der Waals surface area contributed by atoms with E-state index in [1.807, 2.05) is 0 Å². The van der Waals surface area contributed by atoms with Crippen LogP contribution in [0.15, 0.2) is 0 Å². The molecule has 0 aromatic carbocycles. The van der Waals surface area contributed by atoms with Crippen LogP contribution >= 0.6 is 0 Å². The van der Waals surface area contributed by atoms with Crippen molar-refractivity contribution in [1.29, 1.82) is 0 Å². The SMILES string of the molecule is C#C[C@H](CCCCC(O)CO)C(=O)NOC. The predicted molar refractivity (Wildman–Crippen MR) is 59.0 cm³/mol. The van der Waals surface area contributed by atoms with Crippen molar-refractivity contribution in [2.24, 2.45) is 5.92 Å². The minimum Gasteiger partial charge on any atom is -0.394 e. The Hall–Kier alpha value is -1.09. The summed E-state index contributed by atoms with van der Waals surface area (Å²) in [6, 6.07) is 0. The third-order valence-corrected chi connectivity index (χ3v) is 2.21. The van der Waals surface area contributed by atoms with E-state index in [4.69, 9.17) is 16.6 Å². The maximum Gasteiger partial charge on any atom is 0.258 e. The molecule has 0 bridgehead atoms. The van der Waals surface area contributed by atoms with E-state index in [9.17, 15) is 4.79 Å². The number of hydrogen-bond acceptors (Lipinski definition) is 4. The van der Waals surface area contributed by atoms with Crippen molar-refractivity contribution in [2.45, 2.75) is 31.8 Å². The van der Waals surface area contributed by atoms with E-state index in [-0.39, 0.29) is 12.5 Å². The largest absolute Gasteiger partial charge is 0.394 e. The fourth-order valence-electron chi connectivity index (χ4n) is 1.28. The molecular weight excluding hydrogens is 210 g/mol. The lowest BCUT2D eigenvalue weighted by atomic mass is 10.0. The molecule has 5 heteroatoms. The normalized spacial score (nSPS) is 13.9. The van der Waals surface area contributed by atoms with Gasteiger partial charge >= 0.3 is 0 Å². The lowest BCUT2D eigenvalue weighted by Crippen LogP contribution is -2.29. The third-order valence-electron chi connectivity index (χ3n) is 2.21. The number of carbonyl (C=O) groups is 1. The van der Waals surface area contributed by atoms with Gasteiger partial charge in [0.2, 0.25) is 0 Å².